The van der Waals surface area contributed by atoms with Gasteiger partial charge in [0.05, 0.1) is 0 Å². The lowest BCUT2D eigenvalue weighted by Crippen LogP contribution is -2.32. The van der Waals surface area contributed by atoms with Crippen molar-refractivity contribution in [2.24, 2.45) is 0 Å². The first-order valence-corrected chi connectivity index (χ1v) is 8.40. The molecule has 1 aliphatic rings. The van der Waals surface area contributed by atoms with Crippen LogP contribution in [0.1, 0.15) is 24.0 Å². The van der Waals surface area contributed by atoms with Gasteiger partial charge in [-0.05, 0) is 49.1 Å². The SMILES string of the molecule is Cc1ccc(Cl)cc1NC(=O)CCN1CCCc2ccccc21. The number of aryl methyl sites for hydroxylation is 2. The van der Waals surface area contributed by atoms with E-state index in [2.05, 4.69) is 34.5 Å². The Hall–Kier alpha value is -2.00. The average Bonchev–Trinajstić information content (AvgIpc) is 2.56. The third kappa shape index (κ3) is 3.85. The van der Waals surface area contributed by atoms with Crippen molar-refractivity contribution < 1.29 is 4.79 Å². The van der Waals surface area contributed by atoms with E-state index in [-0.39, 0.29) is 5.91 Å². The fourth-order valence-electron chi connectivity index (χ4n) is 3.02. The maximum Gasteiger partial charge on any atom is 0.226 e. The van der Waals surface area contributed by atoms with Crippen LogP contribution >= 0.6 is 11.6 Å². The number of nitrogens with one attached hydrogen (secondary N) is 1. The number of carbonyl (C=O) groups is 1. The fourth-order valence-corrected chi connectivity index (χ4v) is 3.19. The number of hydrogen-bond donors (Lipinski definition) is 1. The first kappa shape index (κ1) is 15.9. The van der Waals surface area contributed by atoms with Crippen molar-refractivity contribution in [3.63, 3.8) is 0 Å². The maximum absolute atomic E-state index is 12.2. The Morgan fingerprint density at radius 2 is 2.09 bits per heavy atom. The lowest BCUT2D eigenvalue weighted by molar-refractivity contribution is -0.116. The maximum atomic E-state index is 12.2. The summed E-state index contributed by atoms with van der Waals surface area (Å²) in [4.78, 5) is 14.6. The monoisotopic (exact) mass is 328 g/mol. The second kappa shape index (κ2) is 7.05. The smallest absolute Gasteiger partial charge is 0.226 e. The highest BCUT2D eigenvalue weighted by Crippen LogP contribution is 2.26. The number of halogens is 1. The van der Waals surface area contributed by atoms with Crippen molar-refractivity contribution >= 4 is 28.9 Å². The highest BCUT2D eigenvalue weighted by molar-refractivity contribution is 6.31. The number of hydrogen-bond acceptors (Lipinski definition) is 2. The van der Waals surface area contributed by atoms with E-state index in [9.17, 15) is 4.79 Å². The number of carbonyl (C=O) groups excluding carboxylic acids is 1. The van der Waals surface area contributed by atoms with Gasteiger partial charge in [-0.25, -0.2) is 0 Å². The van der Waals surface area contributed by atoms with Crippen LogP contribution in [0, 0.1) is 6.92 Å². The number of rotatable bonds is 4. The fraction of sp³-hybridized carbons (Fsp3) is 0.316. The first-order chi connectivity index (χ1) is 11.1. The largest absolute Gasteiger partial charge is 0.371 e. The standard InChI is InChI=1S/C19H21ClN2O/c1-14-8-9-16(20)13-17(14)21-19(23)10-12-22-11-4-6-15-5-2-3-7-18(15)22/h2-3,5,7-9,13H,4,6,10-12H2,1H3,(H,21,23). The molecule has 2 aromatic rings. The summed E-state index contributed by atoms with van der Waals surface area (Å²) in [5, 5.41) is 3.60. The van der Waals surface area contributed by atoms with E-state index in [4.69, 9.17) is 11.6 Å². The number of para-hydroxylation sites is 1. The molecule has 1 amide bonds. The van der Waals surface area contributed by atoms with Crippen LogP contribution in [0.5, 0.6) is 0 Å². The van der Waals surface area contributed by atoms with Gasteiger partial charge in [-0.2, -0.15) is 0 Å². The zero-order chi connectivity index (χ0) is 16.2. The molecule has 3 rings (SSSR count). The second-order valence-electron chi connectivity index (χ2n) is 5.98. The molecule has 1 heterocycles. The predicted octanol–water partition coefficient (Wildman–Crippen LogP) is 4.43. The number of fused-ring (bicyclic) bond motifs is 1. The van der Waals surface area contributed by atoms with Crippen LogP contribution in [0.25, 0.3) is 0 Å². The van der Waals surface area contributed by atoms with Crippen LogP contribution in [0.4, 0.5) is 11.4 Å². The molecule has 0 atom stereocenters. The second-order valence-corrected chi connectivity index (χ2v) is 6.41. The molecule has 1 N–H and O–H groups in total. The van der Waals surface area contributed by atoms with Gasteiger partial charge in [0.15, 0.2) is 0 Å². The summed E-state index contributed by atoms with van der Waals surface area (Å²) in [6, 6.07) is 14.0. The summed E-state index contributed by atoms with van der Waals surface area (Å²) >= 11 is 6.00. The molecule has 120 valence electrons. The van der Waals surface area contributed by atoms with Crippen molar-refractivity contribution in [1.82, 2.24) is 0 Å². The van der Waals surface area contributed by atoms with Crippen molar-refractivity contribution in [2.75, 3.05) is 23.3 Å². The van der Waals surface area contributed by atoms with E-state index in [0.717, 1.165) is 37.2 Å². The first-order valence-electron chi connectivity index (χ1n) is 8.02. The minimum Gasteiger partial charge on any atom is -0.371 e. The van der Waals surface area contributed by atoms with Crippen molar-refractivity contribution in [3.8, 4) is 0 Å². The van der Waals surface area contributed by atoms with Gasteiger partial charge in [0.1, 0.15) is 0 Å². The summed E-state index contributed by atoms with van der Waals surface area (Å²) in [6.07, 6.45) is 2.74. The van der Waals surface area contributed by atoms with Crippen LogP contribution < -0.4 is 10.2 Å². The van der Waals surface area contributed by atoms with E-state index in [0.29, 0.717) is 11.4 Å². The van der Waals surface area contributed by atoms with E-state index in [1.807, 2.05) is 19.1 Å². The highest BCUT2D eigenvalue weighted by Gasteiger charge is 2.17. The van der Waals surface area contributed by atoms with Crippen molar-refractivity contribution in [3.05, 3.63) is 58.6 Å². The highest BCUT2D eigenvalue weighted by atomic mass is 35.5. The molecule has 0 aromatic heterocycles. The van der Waals surface area contributed by atoms with Gasteiger partial charge in [-0.15, -0.1) is 0 Å². The number of amides is 1. The molecule has 1 aliphatic heterocycles. The van der Waals surface area contributed by atoms with Crippen LogP contribution in [0.2, 0.25) is 5.02 Å². The Morgan fingerprint density at radius 1 is 1.26 bits per heavy atom. The van der Waals surface area contributed by atoms with Gasteiger partial charge in [0, 0.05) is 35.9 Å². The third-order valence-corrected chi connectivity index (χ3v) is 4.52. The summed E-state index contributed by atoms with van der Waals surface area (Å²) < 4.78 is 0. The molecular formula is C19H21ClN2O. The van der Waals surface area contributed by atoms with Gasteiger partial charge in [0.25, 0.3) is 0 Å². The van der Waals surface area contributed by atoms with Gasteiger partial charge in [-0.3, -0.25) is 4.79 Å². The molecule has 2 aromatic carbocycles. The zero-order valence-corrected chi connectivity index (χ0v) is 14.1. The summed E-state index contributed by atoms with van der Waals surface area (Å²) in [5.74, 6) is 0.0263. The lowest BCUT2D eigenvalue weighted by atomic mass is 10.0. The van der Waals surface area contributed by atoms with Crippen LogP contribution in [-0.2, 0) is 11.2 Å². The Bertz CT molecular complexity index is 714. The van der Waals surface area contributed by atoms with Crippen molar-refractivity contribution in [2.45, 2.75) is 26.2 Å². The normalized spacial score (nSPS) is 13.6. The molecule has 4 heteroatoms. The Balaban J connectivity index is 1.61. The summed E-state index contributed by atoms with van der Waals surface area (Å²) in [5.41, 5.74) is 4.46. The molecule has 0 fully saturated rings. The lowest BCUT2D eigenvalue weighted by Gasteiger charge is -2.31. The number of nitrogens with zero attached hydrogens (tertiary/aromatic N) is 1. The average molecular weight is 329 g/mol. The quantitative estimate of drug-likeness (QED) is 0.900. The van der Waals surface area contributed by atoms with E-state index in [1.54, 1.807) is 6.07 Å². The van der Waals surface area contributed by atoms with E-state index in [1.165, 1.54) is 11.3 Å². The van der Waals surface area contributed by atoms with Gasteiger partial charge >= 0.3 is 0 Å². The molecule has 0 saturated heterocycles. The molecule has 0 bridgehead atoms. The van der Waals surface area contributed by atoms with Gasteiger partial charge in [0.2, 0.25) is 5.91 Å². The number of benzene rings is 2. The molecule has 3 nitrogen and oxygen atoms in total. The number of anilines is 2. The molecular weight excluding hydrogens is 308 g/mol. The molecule has 23 heavy (non-hydrogen) atoms. The van der Waals surface area contributed by atoms with Gasteiger partial charge in [-0.1, -0.05) is 35.9 Å². The Morgan fingerprint density at radius 3 is 2.96 bits per heavy atom. The molecule has 0 unspecified atom stereocenters. The molecule has 0 spiro atoms. The molecule has 0 saturated carbocycles. The molecule has 0 aliphatic carbocycles. The van der Waals surface area contributed by atoms with E-state index >= 15 is 0 Å². The Kier molecular flexibility index (Phi) is 4.87. The minimum atomic E-state index is 0.0263. The zero-order valence-electron chi connectivity index (χ0n) is 13.3. The van der Waals surface area contributed by atoms with Crippen molar-refractivity contribution in [1.29, 1.82) is 0 Å². The molecule has 0 radical (unpaired) electrons. The Labute approximate surface area is 142 Å². The summed E-state index contributed by atoms with van der Waals surface area (Å²) in [6.45, 7) is 3.72. The van der Waals surface area contributed by atoms with E-state index < -0.39 is 0 Å². The van der Waals surface area contributed by atoms with Crippen LogP contribution in [0.15, 0.2) is 42.5 Å². The van der Waals surface area contributed by atoms with Crippen LogP contribution in [0.3, 0.4) is 0 Å². The van der Waals surface area contributed by atoms with Crippen LogP contribution in [-0.4, -0.2) is 19.0 Å². The summed E-state index contributed by atoms with van der Waals surface area (Å²) in [7, 11) is 0. The van der Waals surface area contributed by atoms with Gasteiger partial charge < -0.3 is 10.2 Å². The third-order valence-electron chi connectivity index (χ3n) is 4.29. The predicted molar refractivity (Wildman–Crippen MR) is 96.4 cm³/mol. The topological polar surface area (TPSA) is 32.3 Å². The minimum absolute atomic E-state index is 0.0263.